The molecule has 1 aromatic rings. The standard InChI is InChI=1S/C10H15NOS/c1-3-10(2,13)12-9-6-4-8(11)5-7-9/h4-7,13H,3,11H2,1-2H3/p+1. The van der Waals surface area contributed by atoms with Gasteiger partial charge >= 0.3 is 0 Å². The van der Waals surface area contributed by atoms with Crippen LogP contribution in [0.5, 0.6) is 5.75 Å². The second-order valence-corrected chi connectivity index (χ2v) is 4.31. The van der Waals surface area contributed by atoms with Crippen molar-refractivity contribution in [1.82, 2.24) is 0 Å². The quantitative estimate of drug-likeness (QED) is 0.593. The molecule has 0 aliphatic carbocycles. The van der Waals surface area contributed by atoms with Gasteiger partial charge in [-0.15, -0.1) is 0 Å². The van der Waals surface area contributed by atoms with E-state index in [2.05, 4.69) is 19.6 Å². The van der Waals surface area contributed by atoms with Gasteiger partial charge in [-0.05, 0) is 24.3 Å². The smallest absolute Gasteiger partial charge is 0.258 e. The number of ether oxygens (including phenoxy) is 1. The molecular weight excluding hydrogens is 182 g/mol. The van der Waals surface area contributed by atoms with Gasteiger partial charge in [0.1, 0.15) is 5.75 Å². The van der Waals surface area contributed by atoms with Gasteiger partial charge in [-0.3, -0.25) is 0 Å². The van der Waals surface area contributed by atoms with Crippen LogP contribution >= 0.6 is 0 Å². The summed E-state index contributed by atoms with van der Waals surface area (Å²) in [5.74, 6) is 0.827. The molecule has 0 bridgehead atoms. The first-order valence-electron chi connectivity index (χ1n) is 4.33. The summed E-state index contributed by atoms with van der Waals surface area (Å²) in [5, 5.41) is 0. The molecule has 2 nitrogen and oxygen atoms in total. The van der Waals surface area contributed by atoms with Crippen molar-refractivity contribution in [2.24, 2.45) is 0 Å². The number of nitrogen functional groups attached to an aromatic ring is 1. The minimum atomic E-state index is -0.296. The summed E-state index contributed by atoms with van der Waals surface area (Å²) in [6.45, 7) is 4.05. The Morgan fingerprint density at radius 3 is 2.38 bits per heavy atom. The summed E-state index contributed by atoms with van der Waals surface area (Å²) >= 11 is 3.53. The van der Waals surface area contributed by atoms with Crippen LogP contribution in [0, 0.1) is 0 Å². The van der Waals surface area contributed by atoms with Gasteiger partial charge in [0.25, 0.3) is 4.93 Å². The number of hydrogen-bond acceptors (Lipinski definition) is 2. The Hall–Kier alpha value is -0.830. The van der Waals surface area contributed by atoms with E-state index in [0.29, 0.717) is 0 Å². The Labute approximate surface area is 84.5 Å². The predicted octanol–water partition coefficient (Wildman–Crippen LogP) is 1.79. The second kappa shape index (κ2) is 3.92. The monoisotopic (exact) mass is 198 g/mol. The van der Waals surface area contributed by atoms with Gasteiger partial charge in [-0.2, -0.15) is 0 Å². The Kier molecular flexibility index (Phi) is 3.09. The third-order valence-corrected chi connectivity index (χ3v) is 2.35. The molecule has 2 N–H and O–H groups in total. The third-order valence-electron chi connectivity index (χ3n) is 1.90. The maximum absolute atomic E-state index is 5.66. The van der Waals surface area contributed by atoms with Crippen LogP contribution in [-0.2, 0) is 12.6 Å². The maximum Gasteiger partial charge on any atom is 0.258 e. The molecule has 1 rings (SSSR count). The van der Waals surface area contributed by atoms with E-state index in [-0.39, 0.29) is 4.93 Å². The molecule has 72 valence electrons. The lowest BCUT2D eigenvalue weighted by Crippen LogP contribution is -2.27. The minimum absolute atomic E-state index is 0.296. The van der Waals surface area contributed by atoms with Crippen LogP contribution in [0.25, 0.3) is 0 Å². The Morgan fingerprint density at radius 1 is 1.38 bits per heavy atom. The van der Waals surface area contributed by atoms with Crippen LogP contribution < -0.4 is 10.5 Å². The van der Waals surface area contributed by atoms with Gasteiger partial charge in [0.2, 0.25) is 0 Å². The lowest BCUT2D eigenvalue weighted by atomic mass is 10.3. The van der Waals surface area contributed by atoms with E-state index in [1.807, 2.05) is 31.2 Å². The second-order valence-electron chi connectivity index (χ2n) is 3.26. The summed E-state index contributed by atoms with van der Waals surface area (Å²) in [4.78, 5) is -0.296. The molecular formula is C10H16NOS+. The molecule has 0 aliphatic rings. The summed E-state index contributed by atoms with van der Waals surface area (Å²) in [6, 6.07) is 7.38. The number of rotatable bonds is 3. The molecule has 1 atom stereocenters. The SMILES string of the molecule is CCC(C)([SH2+])Oc1ccc(N)cc1. The van der Waals surface area contributed by atoms with Crippen molar-refractivity contribution in [3.8, 4) is 5.75 Å². The van der Waals surface area contributed by atoms with Crippen molar-refractivity contribution in [3.05, 3.63) is 24.3 Å². The van der Waals surface area contributed by atoms with E-state index in [1.165, 1.54) is 0 Å². The average Bonchev–Trinajstić information content (AvgIpc) is 2.09. The van der Waals surface area contributed by atoms with E-state index in [4.69, 9.17) is 10.5 Å². The minimum Gasteiger partial charge on any atom is -0.444 e. The summed E-state index contributed by atoms with van der Waals surface area (Å²) in [7, 11) is 0. The van der Waals surface area contributed by atoms with Crippen molar-refractivity contribution < 1.29 is 4.74 Å². The number of hydrogen-bond donors (Lipinski definition) is 1. The van der Waals surface area contributed by atoms with Crippen LogP contribution in [-0.4, -0.2) is 4.93 Å². The van der Waals surface area contributed by atoms with Crippen molar-refractivity contribution in [3.63, 3.8) is 0 Å². The van der Waals surface area contributed by atoms with Crippen molar-refractivity contribution in [2.75, 3.05) is 5.73 Å². The van der Waals surface area contributed by atoms with Gasteiger partial charge in [0.05, 0.1) is 0 Å². The lowest BCUT2D eigenvalue weighted by molar-refractivity contribution is 0.183. The molecule has 0 amide bonds. The van der Waals surface area contributed by atoms with Gasteiger partial charge < -0.3 is 10.5 Å². The number of benzene rings is 1. The highest BCUT2D eigenvalue weighted by molar-refractivity contribution is 7.60. The highest BCUT2D eigenvalue weighted by atomic mass is 32.1. The summed E-state index contributed by atoms with van der Waals surface area (Å²) < 4.78 is 5.66. The molecule has 0 heterocycles. The van der Waals surface area contributed by atoms with Crippen LogP contribution in [0.3, 0.4) is 0 Å². The first kappa shape index (κ1) is 10.3. The van der Waals surface area contributed by atoms with Crippen LogP contribution in [0.15, 0.2) is 24.3 Å². The van der Waals surface area contributed by atoms with E-state index in [0.717, 1.165) is 17.9 Å². The summed E-state index contributed by atoms with van der Waals surface area (Å²) in [5.41, 5.74) is 6.30. The number of anilines is 1. The lowest BCUT2D eigenvalue weighted by Gasteiger charge is -2.17. The molecule has 0 aliphatic heterocycles. The van der Waals surface area contributed by atoms with E-state index >= 15 is 0 Å². The van der Waals surface area contributed by atoms with E-state index in [1.54, 1.807) is 0 Å². The zero-order valence-electron chi connectivity index (χ0n) is 8.00. The Balaban J connectivity index is 2.69. The van der Waals surface area contributed by atoms with Gasteiger partial charge in [0.15, 0.2) is 0 Å². The highest BCUT2D eigenvalue weighted by Crippen LogP contribution is 2.20. The maximum atomic E-state index is 5.66. The van der Waals surface area contributed by atoms with Crippen LogP contribution in [0.4, 0.5) is 5.69 Å². The Morgan fingerprint density at radius 2 is 1.92 bits per heavy atom. The molecule has 3 heteroatoms. The molecule has 0 radical (unpaired) electrons. The summed E-state index contributed by atoms with van der Waals surface area (Å²) in [6.07, 6.45) is 0.897. The zero-order chi connectivity index (χ0) is 9.90. The predicted molar refractivity (Wildman–Crippen MR) is 60.3 cm³/mol. The first-order chi connectivity index (χ1) is 6.03. The molecule has 1 aromatic carbocycles. The molecule has 13 heavy (non-hydrogen) atoms. The first-order valence-corrected chi connectivity index (χ1v) is 4.83. The molecule has 0 aromatic heterocycles. The fraction of sp³-hybridized carbons (Fsp3) is 0.400. The normalized spacial score (nSPS) is 15.0. The molecule has 0 saturated carbocycles. The zero-order valence-corrected chi connectivity index (χ0v) is 9.00. The van der Waals surface area contributed by atoms with Gasteiger partial charge in [0, 0.05) is 31.7 Å². The van der Waals surface area contributed by atoms with Crippen molar-refractivity contribution >= 4 is 18.3 Å². The van der Waals surface area contributed by atoms with Crippen molar-refractivity contribution in [1.29, 1.82) is 0 Å². The molecule has 0 spiro atoms. The molecule has 1 unspecified atom stereocenters. The molecule has 0 saturated heterocycles. The van der Waals surface area contributed by atoms with Crippen LogP contribution in [0.1, 0.15) is 20.3 Å². The Bertz CT molecular complexity index is 269. The third kappa shape index (κ3) is 3.19. The average molecular weight is 198 g/mol. The highest BCUT2D eigenvalue weighted by Gasteiger charge is 2.24. The molecule has 0 fully saturated rings. The largest absolute Gasteiger partial charge is 0.444 e. The topological polar surface area (TPSA) is 35.2 Å². The fourth-order valence-electron chi connectivity index (χ4n) is 0.868. The fourth-order valence-corrected chi connectivity index (χ4v) is 0.986. The number of nitrogens with two attached hydrogens (primary N) is 1. The van der Waals surface area contributed by atoms with E-state index in [9.17, 15) is 0 Å². The van der Waals surface area contributed by atoms with E-state index < -0.39 is 0 Å². The van der Waals surface area contributed by atoms with Gasteiger partial charge in [-0.25, -0.2) is 0 Å². The van der Waals surface area contributed by atoms with Crippen molar-refractivity contribution in [2.45, 2.75) is 25.2 Å². The van der Waals surface area contributed by atoms with Crippen LogP contribution in [0.2, 0.25) is 0 Å². The van der Waals surface area contributed by atoms with Gasteiger partial charge in [-0.1, -0.05) is 6.92 Å².